The molecule has 1 unspecified atom stereocenters. The second-order valence-corrected chi connectivity index (χ2v) is 5.69. The number of hydrogen-bond acceptors (Lipinski definition) is 4. The number of hydrogen-bond donors (Lipinski definition) is 2. The largest absolute Gasteiger partial charge is 0.343 e. The van der Waals surface area contributed by atoms with Gasteiger partial charge in [-0.25, -0.2) is 9.89 Å². The van der Waals surface area contributed by atoms with E-state index in [9.17, 15) is 4.79 Å². The molecule has 2 rings (SSSR count). The van der Waals surface area contributed by atoms with Crippen molar-refractivity contribution in [1.29, 1.82) is 0 Å². The van der Waals surface area contributed by atoms with E-state index >= 15 is 0 Å². The van der Waals surface area contributed by atoms with Crippen LogP contribution in [0.5, 0.6) is 0 Å². The Morgan fingerprint density at radius 2 is 2.10 bits per heavy atom. The van der Waals surface area contributed by atoms with Crippen molar-refractivity contribution in [3.8, 4) is 0 Å². The second kappa shape index (κ2) is 6.76. The van der Waals surface area contributed by atoms with Gasteiger partial charge in [0.1, 0.15) is 0 Å². The molecule has 2 N–H and O–H groups in total. The van der Waals surface area contributed by atoms with Crippen molar-refractivity contribution in [2.75, 3.05) is 12.3 Å². The minimum atomic E-state index is -0.178. The maximum Gasteiger partial charge on any atom is 0.343 e. The Bertz CT molecular complexity index is 602. The standard InChI is InChI=1S/C14H20N4OS/c1-4-15-12(11-7-5-10(2)6-8-11)9-20-14-17-16-13(19)18(14)3/h5-8,12,15H,4,9H2,1-3H3,(H,16,19). The Hall–Kier alpha value is -1.53. The third-order valence-electron chi connectivity index (χ3n) is 3.15. The first-order chi connectivity index (χ1) is 9.61. The van der Waals surface area contributed by atoms with Crippen molar-refractivity contribution in [2.45, 2.75) is 25.0 Å². The van der Waals surface area contributed by atoms with E-state index in [0.29, 0.717) is 5.16 Å². The van der Waals surface area contributed by atoms with Gasteiger partial charge in [0, 0.05) is 18.8 Å². The molecule has 1 aromatic carbocycles. The summed E-state index contributed by atoms with van der Waals surface area (Å²) in [6.45, 7) is 5.08. The Morgan fingerprint density at radius 1 is 1.40 bits per heavy atom. The van der Waals surface area contributed by atoms with Crippen LogP contribution in [-0.4, -0.2) is 27.1 Å². The lowest BCUT2D eigenvalue weighted by Crippen LogP contribution is -2.23. The maximum atomic E-state index is 11.3. The summed E-state index contributed by atoms with van der Waals surface area (Å²) >= 11 is 1.57. The highest BCUT2D eigenvalue weighted by molar-refractivity contribution is 7.99. The predicted octanol–water partition coefficient (Wildman–Crippen LogP) is 1.86. The quantitative estimate of drug-likeness (QED) is 0.798. The smallest absolute Gasteiger partial charge is 0.309 e. The Kier molecular flexibility index (Phi) is 5.03. The van der Waals surface area contributed by atoms with Gasteiger partial charge in [0.05, 0.1) is 0 Å². The molecular weight excluding hydrogens is 272 g/mol. The van der Waals surface area contributed by atoms with Crippen LogP contribution in [0.25, 0.3) is 0 Å². The molecule has 0 amide bonds. The van der Waals surface area contributed by atoms with Crippen LogP contribution in [0.4, 0.5) is 0 Å². The number of H-pyrrole nitrogens is 1. The molecule has 1 atom stereocenters. The van der Waals surface area contributed by atoms with E-state index in [1.165, 1.54) is 15.7 Å². The molecule has 0 saturated heterocycles. The lowest BCUT2D eigenvalue weighted by atomic mass is 10.1. The average molecular weight is 292 g/mol. The molecule has 0 saturated carbocycles. The van der Waals surface area contributed by atoms with Crippen LogP contribution in [0, 0.1) is 6.92 Å². The molecule has 2 aromatic rings. The first-order valence-corrected chi connectivity index (χ1v) is 7.64. The van der Waals surface area contributed by atoms with E-state index in [0.717, 1.165) is 12.3 Å². The Labute approximate surface area is 122 Å². The van der Waals surface area contributed by atoms with E-state index in [-0.39, 0.29) is 11.7 Å². The van der Waals surface area contributed by atoms with Gasteiger partial charge >= 0.3 is 5.69 Å². The number of rotatable bonds is 6. The van der Waals surface area contributed by atoms with E-state index in [1.54, 1.807) is 18.8 Å². The molecule has 0 aliphatic heterocycles. The zero-order valence-electron chi connectivity index (χ0n) is 12.0. The van der Waals surface area contributed by atoms with Gasteiger partial charge in [-0.3, -0.25) is 4.57 Å². The van der Waals surface area contributed by atoms with Gasteiger partial charge in [0.25, 0.3) is 0 Å². The van der Waals surface area contributed by atoms with Gasteiger partial charge in [-0.1, -0.05) is 48.5 Å². The molecular formula is C14H20N4OS. The van der Waals surface area contributed by atoms with Crippen LogP contribution in [0.3, 0.4) is 0 Å². The summed E-state index contributed by atoms with van der Waals surface area (Å²) in [6.07, 6.45) is 0. The first-order valence-electron chi connectivity index (χ1n) is 6.66. The van der Waals surface area contributed by atoms with Crippen molar-refractivity contribution < 1.29 is 0 Å². The van der Waals surface area contributed by atoms with Gasteiger partial charge in [0.15, 0.2) is 5.16 Å². The minimum Gasteiger partial charge on any atom is -0.309 e. The molecule has 0 bridgehead atoms. The number of aryl methyl sites for hydroxylation is 1. The number of benzene rings is 1. The molecule has 1 heterocycles. The Balaban J connectivity index is 2.08. The van der Waals surface area contributed by atoms with Crippen LogP contribution in [0.1, 0.15) is 24.1 Å². The van der Waals surface area contributed by atoms with Crippen molar-refractivity contribution in [3.05, 3.63) is 45.9 Å². The summed E-state index contributed by atoms with van der Waals surface area (Å²) < 4.78 is 1.53. The van der Waals surface area contributed by atoms with Crippen LogP contribution < -0.4 is 11.0 Å². The topological polar surface area (TPSA) is 62.7 Å². The summed E-state index contributed by atoms with van der Waals surface area (Å²) in [5.74, 6) is 0.828. The zero-order chi connectivity index (χ0) is 14.5. The summed E-state index contributed by atoms with van der Waals surface area (Å²) in [5.41, 5.74) is 2.33. The lowest BCUT2D eigenvalue weighted by molar-refractivity contribution is 0.604. The molecule has 0 spiro atoms. The summed E-state index contributed by atoms with van der Waals surface area (Å²) in [6, 6.07) is 8.78. The van der Waals surface area contributed by atoms with Gasteiger partial charge in [0.2, 0.25) is 0 Å². The molecule has 20 heavy (non-hydrogen) atoms. The molecule has 6 heteroatoms. The number of aromatic amines is 1. The van der Waals surface area contributed by atoms with Gasteiger partial charge in [-0.05, 0) is 19.0 Å². The summed E-state index contributed by atoms with van der Waals surface area (Å²) in [5, 5.41) is 10.7. The highest BCUT2D eigenvalue weighted by Crippen LogP contribution is 2.22. The zero-order valence-corrected chi connectivity index (χ0v) is 12.8. The third kappa shape index (κ3) is 3.52. The third-order valence-corrected chi connectivity index (χ3v) is 4.27. The number of thioether (sulfide) groups is 1. The van der Waals surface area contributed by atoms with Crippen molar-refractivity contribution in [3.63, 3.8) is 0 Å². The number of aromatic nitrogens is 3. The minimum absolute atomic E-state index is 0.178. The molecule has 0 radical (unpaired) electrons. The van der Waals surface area contributed by atoms with Crippen molar-refractivity contribution in [2.24, 2.45) is 7.05 Å². The van der Waals surface area contributed by atoms with E-state index < -0.39 is 0 Å². The predicted molar refractivity (Wildman–Crippen MR) is 82.1 cm³/mol. The van der Waals surface area contributed by atoms with Crippen molar-refractivity contribution >= 4 is 11.8 Å². The van der Waals surface area contributed by atoms with E-state index in [2.05, 4.69) is 53.6 Å². The molecule has 0 aliphatic carbocycles. The fourth-order valence-electron chi connectivity index (χ4n) is 1.94. The monoisotopic (exact) mass is 292 g/mol. The van der Waals surface area contributed by atoms with Gasteiger partial charge in [-0.2, -0.15) is 0 Å². The second-order valence-electron chi connectivity index (χ2n) is 4.70. The molecule has 5 nitrogen and oxygen atoms in total. The lowest BCUT2D eigenvalue weighted by Gasteiger charge is -2.17. The SMILES string of the molecule is CCNC(CSc1n[nH]c(=O)n1C)c1ccc(C)cc1. The fraction of sp³-hybridized carbons (Fsp3) is 0.429. The van der Waals surface area contributed by atoms with E-state index in [1.807, 2.05) is 0 Å². The maximum absolute atomic E-state index is 11.3. The summed E-state index contributed by atoms with van der Waals surface area (Å²) in [7, 11) is 1.72. The fourth-order valence-corrected chi connectivity index (χ4v) is 2.95. The highest BCUT2D eigenvalue weighted by atomic mass is 32.2. The average Bonchev–Trinajstić information content (AvgIpc) is 2.76. The summed E-state index contributed by atoms with van der Waals surface area (Å²) in [4.78, 5) is 11.3. The first kappa shape index (κ1) is 14.9. The van der Waals surface area contributed by atoms with Gasteiger partial charge < -0.3 is 5.32 Å². The van der Waals surface area contributed by atoms with E-state index in [4.69, 9.17) is 0 Å². The van der Waals surface area contributed by atoms with Crippen LogP contribution in [0.15, 0.2) is 34.2 Å². The van der Waals surface area contributed by atoms with Crippen LogP contribution >= 0.6 is 11.8 Å². The molecule has 108 valence electrons. The number of nitrogens with zero attached hydrogens (tertiary/aromatic N) is 2. The molecule has 0 fully saturated rings. The normalized spacial score (nSPS) is 12.6. The van der Waals surface area contributed by atoms with Gasteiger partial charge in [-0.15, -0.1) is 5.10 Å². The van der Waals surface area contributed by atoms with Crippen molar-refractivity contribution in [1.82, 2.24) is 20.1 Å². The number of nitrogens with one attached hydrogen (secondary N) is 2. The molecule has 1 aromatic heterocycles. The highest BCUT2D eigenvalue weighted by Gasteiger charge is 2.13. The Morgan fingerprint density at radius 3 is 2.65 bits per heavy atom. The van der Waals surface area contributed by atoms with Crippen LogP contribution in [-0.2, 0) is 7.05 Å². The molecule has 0 aliphatic rings. The van der Waals surface area contributed by atoms with Crippen LogP contribution in [0.2, 0.25) is 0 Å².